The van der Waals surface area contributed by atoms with Crippen LogP contribution in [0.15, 0.2) is 24.3 Å². The molecule has 0 N–H and O–H groups in total. The second-order valence-corrected chi connectivity index (χ2v) is 6.23. The molecule has 3 heteroatoms. The summed E-state index contributed by atoms with van der Waals surface area (Å²) in [6.07, 6.45) is 0.895. The number of Topliss-reactive ketones (excluding diaryl/α,β-unsaturated/α-hetero) is 1. The predicted octanol–water partition coefficient (Wildman–Crippen LogP) is 2.33. The highest BCUT2D eigenvalue weighted by molar-refractivity contribution is 6.05. The summed E-state index contributed by atoms with van der Waals surface area (Å²) in [6, 6.07) is 8.52. The number of carbonyl (C=O) groups is 2. The molecule has 3 nitrogen and oxygen atoms in total. The van der Waals surface area contributed by atoms with Gasteiger partial charge >= 0.3 is 0 Å². The Morgan fingerprint density at radius 3 is 2.21 bits per heavy atom. The van der Waals surface area contributed by atoms with Crippen LogP contribution < -0.4 is 0 Å². The van der Waals surface area contributed by atoms with Crippen LogP contribution in [0.5, 0.6) is 0 Å². The minimum atomic E-state index is -0.0312. The Balaban J connectivity index is 1.94. The minimum Gasteiger partial charge on any atom is -0.335 e. The van der Waals surface area contributed by atoms with E-state index in [9.17, 15) is 9.59 Å². The van der Waals surface area contributed by atoms with Gasteiger partial charge < -0.3 is 4.90 Å². The van der Waals surface area contributed by atoms with E-state index in [1.807, 2.05) is 0 Å². The van der Waals surface area contributed by atoms with Gasteiger partial charge in [-0.3, -0.25) is 9.59 Å². The SMILES string of the molecule is CC(C)(C)c1ccc(CCN2CC(=O)CC2=O)cc1. The average molecular weight is 259 g/mol. The molecule has 0 aromatic heterocycles. The third-order valence-corrected chi connectivity index (χ3v) is 3.56. The zero-order chi connectivity index (χ0) is 14.0. The van der Waals surface area contributed by atoms with Crippen molar-refractivity contribution in [1.29, 1.82) is 0 Å². The van der Waals surface area contributed by atoms with Crippen molar-refractivity contribution in [3.8, 4) is 0 Å². The summed E-state index contributed by atoms with van der Waals surface area (Å²) < 4.78 is 0. The number of rotatable bonds is 3. The maximum absolute atomic E-state index is 11.5. The van der Waals surface area contributed by atoms with Crippen molar-refractivity contribution in [3.05, 3.63) is 35.4 Å². The zero-order valence-electron chi connectivity index (χ0n) is 11.9. The smallest absolute Gasteiger partial charge is 0.230 e. The van der Waals surface area contributed by atoms with Crippen LogP contribution in [0.1, 0.15) is 38.3 Å². The Morgan fingerprint density at radius 2 is 1.74 bits per heavy atom. The first-order valence-corrected chi connectivity index (χ1v) is 6.75. The van der Waals surface area contributed by atoms with E-state index < -0.39 is 0 Å². The number of hydrogen-bond donors (Lipinski definition) is 0. The summed E-state index contributed by atoms with van der Waals surface area (Å²) in [5.74, 6) is 0.00407. The van der Waals surface area contributed by atoms with Gasteiger partial charge in [0.15, 0.2) is 5.78 Å². The second-order valence-electron chi connectivity index (χ2n) is 6.23. The molecule has 1 amide bonds. The Hall–Kier alpha value is -1.64. The first-order valence-electron chi connectivity index (χ1n) is 6.75. The second kappa shape index (κ2) is 5.16. The van der Waals surface area contributed by atoms with E-state index in [2.05, 4.69) is 45.0 Å². The van der Waals surface area contributed by atoms with Gasteiger partial charge in [0.2, 0.25) is 5.91 Å². The van der Waals surface area contributed by atoms with Crippen LogP contribution in [0, 0.1) is 0 Å². The quantitative estimate of drug-likeness (QED) is 0.781. The fraction of sp³-hybridized carbons (Fsp3) is 0.500. The van der Waals surface area contributed by atoms with Crippen molar-refractivity contribution in [1.82, 2.24) is 4.90 Å². The third kappa shape index (κ3) is 3.43. The van der Waals surface area contributed by atoms with Gasteiger partial charge in [-0.1, -0.05) is 45.0 Å². The Kier molecular flexibility index (Phi) is 3.74. The monoisotopic (exact) mass is 259 g/mol. The molecular formula is C16H21NO2. The Bertz CT molecular complexity index is 482. The molecule has 1 aromatic rings. The molecule has 0 spiro atoms. The molecule has 0 aliphatic carbocycles. The maximum atomic E-state index is 11.5. The van der Waals surface area contributed by atoms with E-state index in [0.717, 1.165) is 6.42 Å². The van der Waals surface area contributed by atoms with Crippen LogP contribution in [0.3, 0.4) is 0 Å². The van der Waals surface area contributed by atoms with Gasteiger partial charge in [0.05, 0.1) is 13.0 Å². The number of ketones is 1. The van der Waals surface area contributed by atoms with Gasteiger partial charge in [-0.2, -0.15) is 0 Å². The molecule has 0 saturated carbocycles. The average Bonchev–Trinajstić information content (AvgIpc) is 2.65. The fourth-order valence-electron chi connectivity index (χ4n) is 2.28. The molecule has 0 unspecified atom stereocenters. The first-order chi connectivity index (χ1) is 8.86. The standard InChI is InChI=1S/C16H21NO2/c1-16(2,3)13-6-4-12(5-7-13)8-9-17-11-14(18)10-15(17)19/h4-7H,8-11H2,1-3H3. The van der Waals surface area contributed by atoms with Crippen molar-refractivity contribution in [2.45, 2.75) is 39.0 Å². The lowest BCUT2D eigenvalue weighted by Crippen LogP contribution is -2.27. The molecule has 1 aromatic carbocycles. The number of hydrogen-bond acceptors (Lipinski definition) is 2. The first kappa shape index (κ1) is 13.8. The van der Waals surface area contributed by atoms with Gasteiger partial charge in [-0.15, -0.1) is 0 Å². The lowest BCUT2D eigenvalue weighted by atomic mass is 9.86. The van der Waals surface area contributed by atoms with E-state index in [0.29, 0.717) is 13.1 Å². The van der Waals surface area contributed by atoms with Crippen molar-refractivity contribution in [3.63, 3.8) is 0 Å². The van der Waals surface area contributed by atoms with E-state index in [1.54, 1.807) is 4.90 Å². The van der Waals surface area contributed by atoms with Crippen LogP contribution in [0.4, 0.5) is 0 Å². The van der Waals surface area contributed by atoms with Gasteiger partial charge in [0.25, 0.3) is 0 Å². The lowest BCUT2D eigenvalue weighted by Gasteiger charge is -2.19. The zero-order valence-corrected chi connectivity index (χ0v) is 11.9. The lowest BCUT2D eigenvalue weighted by molar-refractivity contribution is -0.127. The Labute approximate surface area is 114 Å². The molecule has 0 radical (unpaired) electrons. The number of carbonyl (C=O) groups excluding carboxylic acids is 2. The summed E-state index contributed by atoms with van der Waals surface area (Å²) in [7, 11) is 0. The van der Waals surface area contributed by atoms with Crippen molar-refractivity contribution < 1.29 is 9.59 Å². The maximum Gasteiger partial charge on any atom is 0.230 e. The van der Waals surface area contributed by atoms with Gasteiger partial charge in [0.1, 0.15) is 0 Å². The Morgan fingerprint density at radius 1 is 1.11 bits per heavy atom. The summed E-state index contributed by atoms with van der Waals surface area (Å²) in [6.45, 7) is 7.50. The molecule has 1 fully saturated rings. The van der Waals surface area contributed by atoms with Gasteiger partial charge in [0, 0.05) is 6.54 Å². The topological polar surface area (TPSA) is 37.4 Å². The highest BCUT2D eigenvalue weighted by atomic mass is 16.2. The molecule has 102 valence electrons. The van der Waals surface area contributed by atoms with E-state index in [4.69, 9.17) is 0 Å². The number of likely N-dealkylation sites (tertiary alicyclic amines) is 1. The third-order valence-electron chi connectivity index (χ3n) is 3.56. The molecule has 0 atom stereocenters. The van der Waals surface area contributed by atoms with Crippen LogP contribution in [0.2, 0.25) is 0 Å². The molecule has 1 saturated heterocycles. The predicted molar refractivity (Wildman–Crippen MR) is 75.1 cm³/mol. The van der Waals surface area contributed by atoms with E-state index in [-0.39, 0.29) is 23.5 Å². The number of amides is 1. The molecule has 1 heterocycles. The van der Waals surface area contributed by atoms with Crippen molar-refractivity contribution in [2.24, 2.45) is 0 Å². The molecule has 0 bridgehead atoms. The van der Waals surface area contributed by atoms with Crippen LogP contribution in [-0.2, 0) is 21.4 Å². The molecule has 1 aliphatic heterocycles. The molecule has 1 aliphatic rings. The number of benzene rings is 1. The van der Waals surface area contributed by atoms with Crippen LogP contribution in [0.25, 0.3) is 0 Å². The van der Waals surface area contributed by atoms with E-state index >= 15 is 0 Å². The normalized spacial score (nSPS) is 16.3. The van der Waals surface area contributed by atoms with Crippen molar-refractivity contribution in [2.75, 3.05) is 13.1 Å². The fourth-order valence-corrected chi connectivity index (χ4v) is 2.28. The summed E-state index contributed by atoms with van der Waals surface area (Å²) in [4.78, 5) is 24.3. The summed E-state index contributed by atoms with van der Waals surface area (Å²) in [5.41, 5.74) is 2.68. The minimum absolute atomic E-state index is 0.0312. The summed E-state index contributed by atoms with van der Waals surface area (Å²) in [5, 5.41) is 0. The van der Waals surface area contributed by atoms with Gasteiger partial charge in [-0.25, -0.2) is 0 Å². The van der Waals surface area contributed by atoms with Crippen LogP contribution >= 0.6 is 0 Å². The largest absolute Gasteiger partial charge is 0.335 e. The summed E-state index contributed by atoms with van der Waals surface area (Å²) >= 11 is 0. The number of nitrogens with zero attached hydrogens (tertiary/aromatic N) is 1. The van der Waals surface area contributed by atoms with E-state index in [1.165, 1.54) is 11.1 Å². The molecule has 2 rings (SSSR count). The highest BCUT2D eigenvalue weighted by Crippen LogP contribution is 2.22. The molecular weight excluding hydrogens is 238 g/mol. The van der Waals surface area contributed by atoms with Crippen molar-refractivity contribution >= 4 is 11.7 Å². The van der Waals surface area contributed by atoms with Gasteiger partial charge in [-0.05, 0) is 23.0 Å². The molecule has 19 heavy (non-hydrogen) atoms. The van der Waals surface area contributed by atoms with Crippen LogP contribution in [-0.4, -0.2) is 29.7 Å². The highest BCUT2D eigenvalue weighted by Gasteiger charge is 2.26.